The van der Waals surface area contributed by atoms with Gasteiger partial charge in [-0.05, 0) is 26.0 Å². The van der Waals surface area contributed by atoms with Gasteiger partial charge in [0.25, 0.3) is 5.69 Å². The predicted molar refractivity (Wildman–Crippen MR) is 64.0 cm³/mol. The molecule has 1 atom stereocenters. The van der Waals surface area contributed by atoms with Gasteiger partial charge in [0.2, 0.25) is 0 Å². The smallest absolute Gasteiger partial charge is 0.272 e. The van der Waals surface area contributed by atoms with Gasteiger partial charge in [0, 0.05) is 23.9 Å². The molecule has 0 aliphatic carbocycles. The maximum absolute atomic E-state index is 10.6. The van der Waals surface area contributed by atoms with E-state index in [1.54, 1.807) is 19.1 Å². The summed E-state index contributed by atoms with van der Waals surface area (Å²) in [5.74, 6) is 0. The van der Waals surface area contributed by atoms with Crippen LogP contribution >= 0.6 is 0 Å². The van der Waals surface area contributed by atoms with Crippen LogP contribution in [0, 0.1) is 17.0 Å². The molecule has 1 unspecified atom stereocenters. The highest BCUT2D eigenvalue weighted by Crippen LogP contribution is 2.21. The number of aliphatic hydroxyl groups excluding tert-OH is 1. The number of rotatable bonds is 5. The van der Waals surface area contributed by atoms with Crippen LogP contribution < -0.4 is 5.32 Å². The van der Waals surface area contributed by atoms with E-state index in [-0.39, 0.29) is 18.8 Å². The average molecular weight is 240 g/mol. The lowest BCUT2D eigenvalue weighted by atomic mass is 10.1. The summed E-state index contributed by atoms with van der Waals surface area (Å²) in [4.78, 5) is 10.2. The zero-order chi connectivity index (χ0) is 13.1. The highest BCUT2D eigenvalue weighted by molar-refractivity contribution is 5.53. The van der Waals surface area contributed by atoms with Gasteiger partial charge in [-0.2, -0.15) is 0 Å². The summed E-state index contributed by atoms with van der Waals surface area (Å²) in [6.07, 6.45) is 0. The van der Waals surface area contributed by atoms with E-state index in [0.717, 1.165) is 0 Å². The third-order valence-electron chi connectivity index (χ3n) is 2.41. The van der Waals surface area contributed by atoms with Crippen LogP contribution in [0.1, 0.15) is 12.5 Å². The standard InChI is InChI=1S/C11H16N2O4/c1-8-5-9(3-4-10(8)13(16)17)12-6-11(2,15)7-14/h3-5,12,14-15H,6-7H2,1-2H3. The van der Waals surface area contributed by atoms with Crippen molar-refractivity contribution in [1.29, 1.82) is 0 Å². The number of aryl methyl sites for hydroxylation is 1. The van der Waals surface area contributed by atoms with Crippen molar-refractivity contribution < 1.29 is 15.1 Å². The molecule has 1 aromatic carbocycles. The molecule has 1 aromatic rings. The molecule has 0 aliphatic heterocycles. The van der Waals surface area contributed by atoms with Crippen molar-refractivity contribution in [3.05, 3.63) is 33.9 Å². The highest BCUT2D eigenvalue weighted by Gasteiger charge is 2.18. The Labute approximate surface area is 99.0 Å². The molecule has 94 valence electrons. The molecular formula is C11H16N2O4. The first kappa shape index (κ1) is 13.4. The molecule has 3 N–H and O–H groups in total. The lowest BCUT2D eigenvalue weighted by Crippen LogP contribution is -2.37. The van der Waals surface area contributed by atoms with Gasteiger partial charge in [0.1, 0.15) is 5.60 Å². The molecule has 0 spiro atoms. The molecule has 17 heavy (non-hydrogen) atoms. The molecule has 1 rings (SSSR count). The largest absolute Gasteiger partial charge is 0.393 e. The number of hydrogen-bond donors (Lipinski definition) is 3. The molecule has 0 amide bonds. The molecule has 0 saturated heterocycles. The van der Waals surface area contributed by atoms with Crippen molar-refractivity contribution in [2.24, 2.45) is 0 Å². The van der Waals surface area contributed by atoms with Gasteiger partial charge >= 0.3 is 0 Å². The Hall–Kier alpha value is -1.66. The molecule has 6 nitrogen and oxygen atoms in total. The summed E-state index contributed by atoms with van der Waals surface area (Å²) in [5, 5.41) is 32.0. The van der Waals surface area contributed by atoms with Crippen molar-refractivity contribution in [3.63, 3.8) is 0 Å². The molecule has 0 aromatic heterocycles. The summed E-state index contributed by atoms with van der Waals surface area (Å²) in [6, 6.07) is 4.61. The van der Waals surface area contributed by atoms with Crippen molar-refractivity contribution >= 4 is 11.4 Å². The first-order valence-electron chi connectivity index (χ1n) is 5.18. The van der Waals surface area contributed by atoms with Gasteiger partial charge in [0.05, 0.1) is 11.5 Å². The van der Waals surface area contributed by atoms with E-state index in [4.69, 9.17) is 5.11 Å². The molecule has 0 radical (unpaired) electrons. The Morgan fingerprint density at radius 3 is 2.65 bits per heavy atom. The summed E-state index contributed by atoms with van der Waals surface area (Å²) in [6.45, 7) is 2.96. The van der Waals surface area contributed by atoms with Crippen LogP contribution in [-0.4, -0.2) is 33.9 Å². The van der Waals surface area contributed by atoms with Crippen LogP contribution in [0.25, 0.3) is 0 Å². The second-order valence-electron chi connectivity index (χ2n) is 4.27. The van der Waals surface area contributed by atoms with Crippen molar-refractivity contribution in [3.8, 4) is 0 Å². The molecule has 0 saturated carbocycles. The maximum atomic E-state index is 10.6. The van der Waals surface area contributed by atoms with E-state index >= 15 is 0 Å². The van der Waals surface area contributed by atoms with E-state index in [1.165, 1.54) is 13.0 Å². The third-order valence-corrected chi connectivity index (χ3v) is 2.41. The van der Waals surface area contributed by atoms with Gasteiger partial charge in [-0.15, -0.1) is 0 Å². The Morgan fingerprint density at radius 2 is 2.18 bits per heavy atom. The monoisotopic (exact) mass is 240 g/mol. The van der Waals surface area contributed by atoms with Gasteiger partial charge < -0.3 is 15.5 Å². The zero-order valence-electron chi connectivity index (χ0n) is 9.80. The summed E-state index contributed by atoms with van der Waals surface area (Å²) in [7, 11) is 0. The third kappa shape index (κ3) is 3.69. The number of nitro benzene ring substituents is 1. The fourth-order valence-corrected chi connectivity index (χ4v) is 1.32. The molecule has 0 heterocycles. The average Bonchev–Trinajstić information content (AvgIpc) is 2.26. The molecule has 6 heteroatoms. The van der Waals surface area contributed by atoms with E-state index in [0.29, 0.717) is 11.3 Å². The minimum atomic E-state index is -1.21. The van der Waals surface area contributed by atoms with Crippen LogP contribution in [0.2, 0.25) is 0 Å². The Bertz CT molecular complexity index is 418. The fraction of sp³-hybridized carbons (Fsp3) is 0.455. The van der Waals surface area contributed by atoms with Gasteiger partial charge in [-0.25, -0.2) is 0 Å². The van der Waals surface area contributed by atoms with Crippen molar-refractivity contribution in [1.82, 2.24) is 0 Å². The first-order valence-corrected chi connectivity index (χ1v) is 5.18. The number of hydrogen-bond acceptors (Lipinski definition) is 5. The maximum Gasteiger partial charge on any atom is 0.272 e. The summed E-state index contributed by atoms with van der Waals surface area (Å²) < 4.78 is 0. The fourth-order valence-electron chi connectivity index (χ4n) is 1.32. The first-order chi connectivity index (χ1) is 7.85. The van der Waals surface area contributed by atoms with Gasteiger partial charge in [-0.3, -0.25) is 10.1 Å². The number of nitro groups is 1. The Balaban J connectivity index is 2.75. The van der Waals surface area contributed by atoms with Gasteiger partial charge in [0.15, 0.2) is 0 Å². The molecule has 0 fully saturated rings. The van der Waals surface area contributed by atoms with Crippen molar-refractivity contribution in [2.75, 3.05) is 18.5 Å². The second-order valence-corrected chi connectivity index (χ2v) is 4.27. The van der Waals surface area contributed by atoms with E-state index in [2.05, 4.69) is 5.32 Å². The van der Waals surface area contributed by atoms with Crippen LogP contribution in [0.5, 0.6) is 0 Å². The molecular weight excluding hydrogens is 224 g/mol. The number of nitrogens with one attached hydrogen (secondary N) is 1. The number of anilines is 1. The number of nitrogens with zero attached hydrogens (tertiary/aromatic N) is 1. The lowest BCUT2D eigenvalue weighted by molar-refractivity contribution is -0.385. The summed E-state index contributed by atoms with van der Waals surface area (Å²) in [5.41, 5.74) is 0.0605. The van der Waals surface area contributed by atoms with E-state index < -0.39 is 10.5 Å². The molecule has 0 aliphatic rings. The molecule has 0 bridgehead atoms. The van der Waals surface area contributed by atoms with E-state index in [1.807, 2.05) is 0 Å². The topological polar surface area (TPSA) is 95.6 Å². The Morgan fingerprint density at radius 1 is 1.53 bits per heavy atom. The van der Waals surface area contributed by atoms with Crippen molar-refractivity contribution in [2.45, 2.75) is 19.4 Å². The second kappa shape index (κ2) is 5.11. The van der Waals surface area contributed by atoms with Gasteiger partial charge in [-0.1, -0.05) is 0 Å². The lowest BCUT2D eigenvalue weighted by Gasteiger charge is -2.21. The quantitative estimate of drug-likeness (QED) is 0.528. The van der Waals surface area contributed by atoms with Crippen LogP contribution in [0.4, 0.5) is 11.4 Å². The van der Waals surface area contributed by atoms with Crippen LogP contribution in [-0.2, 0) is 0 Å². The zero-order valence-corrected chi connectivity index (χ0v) is 9.80. The normalized spacial score (nSPS) is 14.1. The predicted octanol–water partition coefficient (Wildman–Crippen LogP) is 1.06. The highest BCUT2D eigenvalue weighted by atomic mass is 16.6. The number of aliphatic hydroxyl groups is 2. The summed E-state index contributed by atoms with van der Waals surface area (Å²) >= 11 is 0. The minimum absolute atomic E-state index is 0.0597. The van der Waals surface area contributed by atoms with E-state index in [9.17, 15) is 15.2 Å². The van der Waals surface area contributed by atoms with Crippen LogP contribution in [0.3, 0.4) is 0 Å². The number of benzene rings is 1. The SMILES string of the molecule is Cc1cc(NCC(C)(O)CO)ccc1[N+](=O)[O-]. The Kier molecular flexibility index (Phi) is 4.03. The minimum Gasteiger partial charge on any atom is -0.393 e. The van der Waals surface area contributed by atoms with Crippen LogP contribution in [0.15, 0.2) is 18.2 Å².